The number of hydrogen-bond acceptors (Lipinski definition) is 15. The first kappa shape index (κ1) is 91.1. The van der Waals surface area contributed by atoms with Crippen LogP contribution in [0.1, 0.15) is 394 Å². The van der Waals surface area contributed by atoms with E-state index in [4.69, 9.17) is 37.0 Å². The van der Waals surface area contributed by atoms with E-state index in [-0.39, 0.29) is 25.7 Å². The van der Waals surface area contributed by atoms with Crippen LogP contribution in [0.25, 0.3) is 0 Å². The quantitative estimate of drug-likeness (QED) is 0.0222. The summed E-state index contributed by atoms with van der Waals surface area (Å²) >= 11 is 0. The summed E-state index contributed by atoms with van der Waals surface area (Å²) in [5, 5.41) is 10.6. The molecule has 0 amide bonds. The molecule has 0 radical (unpaired) electrons. The molecule has 0 heterocycles. The van der Waals surface area contributed by atoms with Crippen molar-refractivity contribution in [1.82, 2.24) is 0 Å². The molecule has 0 spiro atoms. The smallest absolute Gasteiger partial charge is 0.462 e. The van der Waals surface area contributed by atoms with Crippen LogP contribution < -0.4 is 0 Å². The van der Waals surface area contributed by atoms with Gasteiger partial charge < -0.3 is 33.8 Å². The molecule has 3 N–H and O–H groups in total. The van der Waals surface area contributed by atoms with Gasteiger partial charge in [0.2, 0.25) is 0 Å². The number of carbonyl (C=O) groups excluding carboxylic acids is 4. The molecule has 0 aliphatic carbocycles. The minimum Gasteiger partial charge on any atom is -0.462 e. The lowest BCUT2D eigenvalue weighted by molar-refractivity contribution is -0.161. The molecule has 93 heavy (non-hydrogen) atoms. The number of unbranched alkanes of at least 4 members (excludes halogenated alkanes) is 49. The fourth-order valence-electron chi connectivity index (χ4n) is 11.4. The number of aliphatic hydroxyl groups is 1. The molecule has 5 atom stereocenters. The second-order valence-electron chi connectivity index (χ2n) is 26.7. The van der Waals surface area contributed by atoms with E-state index in [1.165, 1.54) is 225 Å². The molecule has 0 aromatic rings. The SMILES string of the molecule is CCCCCCCCCCCCCCCCCCCCCC(=O)O[C@H](COC(=O)CCCCCCCCCCCCCC)COP(=O)(O)OCC(O)COP(=O)(O)OC[C@@H](COC(=O)CCCCCCCCCCCCC)OC(=O)CCCCCCCCCCCCC. The fraction of sp³-hybridized carbons (Fsp3) is 0.946. The summed E-state index contributed by atoms with van der Waals surface area (Å²) in [4.78, 5) is 72.7. The monoisotopic (exact) mass is 1370 g/mol. The predicted octanol–water partition coefficient (Wildman–Crippen LogP) is 21.8. The summed E-state index contributed by atoms with van der Waals surface area (Å²) in [5.41, 5.74) is 0. The van der Waals surface area contributed by atoms with Gasteiger partial charge in [-0.3, -0.25) is 37.3 Å². The van der Waals surface area contributed by atoms with Crippen LogP contribution in [0.5, 0.6) is 0 Å². The maximum atomic E-state index is 13.1. The van der Waals surface area contributed by atoms with Crippen molar-refractivity contribution in [2.24, 2.45) is 0 Å². The average molecular weight is 1370 g/mol. The number of phosphoric acid groups is 2. The molecule has 0 fully saturated rings. The highest BCUT2D eigenvalue weighted by molar-refractivity contribution is 7.47. The van der Waals surface area contributed by atoms with E-state index >= 15 is 0 Å². The van der Waals surface area contributed by atoms with Crippen LogP contribution in [-0.4, -0.2) is 96.7 Å². The van der Waals surface area contributed by atoms with Crippen LogP contribution in [0, 0.1) is 0 Å². The molecular weight excluding hydrogens is 1220 g/mol. The van der Waals surface area contributed by atoms with E-state index in [0.717, 1.165) is 89.9 Å². The molecule has 19 heteroatoms. The van der Waals surface area contributed by atoms with Gasteiger partial charge in [-0.1, -0.05) is 342 Å². The minimum atomic E-state index is -4.95. The van der Waals surface area contributed by atoms with Gasteiger partial charge in [-0.05, 0) is 25.7 Å². The summed E-state index contributed by atoms with van der Waals surface area (Å²) in [6.45, 7) is 4.97. The summed E-state index contributed by atoms with van der Waals surface area (Å²) in [7, 11) is -9.90. The van der Waals surface area contributed by atoms with Crippen LogP contribution >= 0.6 is 15.6 Å². The highest BCUT2D eigenvalue weighted by Gasteiger charge is 2.30. The van der Waals surface area contributed by atoms with Crippen LogP contribution in [0.3, 0.4) is 0 Å². The number of rotatable bonds is 75. The van der Waals surface area contributed by atoms with E-state index in [2.05, 4.69) is 27.7 Å². The standard InChI is InChI=1S/C74H144O17P2/c1-5-9-13-17-21-25-29-31-32-33-34-35-36-37-41-45-49-53-57-61-74(79)91-70(65-85-72(77)59-55-51-47-43-40-30-26-22-18-14-10-6-2)67-89-93(82,83)87-63-68(75)62-86-92(80,81)88-66-69(90-73(78)60-56-52-48-44-39-28-24-20-16-12-8-4)64-84-71(76)58-54-50-46-42-38-27-23-19-15-11-7-3/h68-70,75H,5-67H2,1-4H3,(H,80,81)(H,82,83)/t68?,69-,70-/m1/s1. The molecule has 0 rings (SSSR count). The predicted molar refractivity (Wildman–Crippen MR) is 377 cm³/mol. The van der Waals surface area contributed by atoms with Gasteiger partial charge in [-0.2, -0.15) is 0 Å². The van der Waals surface area contributed by atoms with Crippen molar-refractivity contribution in [2.75, 3.05) is 39.6 Å². The molecule has 17 nitrogen and oxygen atoms in total. The van der Waals surface area contributed by atoms with E-state index in [0.29, 0.717) is 25.7 Å². The molecule has 0 saturated heterocycles. The molecule has 0 saturated carbocycles. The normalized spacial score (nSPS) is 13.9. The maximum Gasteiger partial charge on any atom is 0.472 e. The number of phosphoric ester groups is 2. The summed E-state index contributed by atoms with van der Waals surface area (Å²) in [6.07, 6.45) is 58.1. The summed E-state index contributed by atoms with van der Waals surface area (Å²) in [6, 6.07) is 0. The van der Waals surface area contributed by atoms with Gasteiger partial charge in [0.25, 0.3) is 0 Å². The lowest BCUT2D eigenvalue weighted by Gasteiger charge is -2.21. The van der Waals surface area contributed by atoms with Gasteiger partial charge in [0.05, 0.1) is 26.4 Å². The minimum absolute atomic E-state index is 0.108. The number of esters is 4. The zero-order chi connectivity index (χ0) is 68.2. The number of aliphatic hydroxyl groups excluding tert-OH is 1. The van der Waals surface area contributed by atoms with Gasteiger partial charge in [0, 0.05) is 25.7 Å². The Labute approximate surface area is 568 Å². The largest absolute Gasteiger partial charge is 0.472 e. The van der Waals surface area contributed by atoms with Crippen LogP contribution in [-0.2, 0) is 65.4 Å². The Morgan fingerprint density at radius 2 is 0.430 bits per heavy atom. The van der Waals surface area contributed by atoms with Crippen molar-refractivity contribution in [3.8, 4) is 0 Å². The van der Waals surface area contributed by atoms with E-state index in [1.807, 2.05) is 0 Å². The third-order valence-corrected chi connectivity index (χ3v) is 19.3. The average Bonchev–Trinajstić information content (AvgIpc) is 2.54. The molecule has 0 aliphatic heterocycles. The molecule has 0 aromatic carbocycles. The Bertz CT molecular complexity index is 1770. The fourth-order valence-corrected chi connectivity index (χ4v) is 13.0. The number of hydrogen-bond donors (Lipinski definition) is 3. The number of carbonyl (C=O) groups is 4. The van der Waals surface area contributed by atoms with E-state index < -0.39 is 97.5 Å². The van der Waals surface area contributed by atoms with Gasteiger partial charge in [0.15, 0.2) is 12.2 Å². The maximum absolute atomic E-state index is 13.1. The molecule has 0 bridgehead atoms. The van der Waals surface area contributed by atoms with E-state index in [9.17, 15) is 43.2 Å². The Morgan fingerprint density at radius 1 is 0.258 bits per heavy atom. The molecule has 552 valence electrons. The summed E-state index contributed by atoms with van der Waals surface area (Å²) in [5.74, 6) is -2.11. The lowest BCUT2D eigenvalue weighted by atomic mass is 10.0. The Morgan fingerprint density at radius 3 is 0.634 bits per heavy atom. The Balaban J connectivity index is 5.21. The first-order chi connectivity index (χ1) is 45.2. The number of ether oxygens (including phenoxy) is 4. The Kier molecular flexibility index (Phi) is 67.1. The highest BCUT2D eigenvalue weighted by Crippen LogP contribution is 2.45. The van der Waals surface area contributed by atoms with Gasteiger partial charge in [0.1, 0.15) is 19.3 Å². The molecule has 3 unspecified atom stereocenters. The van der Waals surface area contributed by atoms with Crippen LogP contribution in [0.4, 0.5) is 0 Å². The van der Waals surface area contributed by atoms with Crippen molar-refractivity contribution in [3.05, 3.63) is 0 Å². The first-order valence-corrected chi connectivity index (χ1v) is 41.8. The molecular formula is C74H144O17P2. The lowest BCUT2D eigenvalue weighted by Crippen LogP contribution is -2.30. The van der Waals surface area contributed by atoms with Crippen molar-refractivity contribution in [3.63, 3.8) is 0 Å². The first-order valence-electron chi connectivity index (χ1n) is 38.8. The third-order valence-electron chi connectivity index (χ3n) is 17.4. The van der Waals surface area contributed by atoms with Crippen LogP contribution in [0.15, 0.2) is 0 Å². The van der Waals surface area contributed by atoms with Crippen molar-refractivity contribution in [2.45, 2.75) is 412 Å². The molecule has 0 aromatic heterocycles. The second kappa shape index (κ2) is 68.6. The zero-order valence-corrected chi connectivity index (χ0v) is 62.0. The highest BCUT2D eigenvalue weighted by atomic mass is 31.2. The Hall–Kier alpha value is -1.94. The molecule has 0 aliphatic rings. The van der Waals surface area contributed by atoms with Gasteiger partial charge >= 0.3 is 39.5 Å². The van der Waals surface area contributed by atoms with Crippen molar-refractivity contribution in [1.29, 1.82) is 0 Å². The zero-order valence-electron chi connectivity index (χ0n) is 60.2. The third kappa shape index (κ3) is 68.4. The van der Waals surface area contributed by atoms with Gasteiger partial charge in [-0.15, -0.1) is 0 Å². The van der Waals surface area contributed by atoms with E-state index in [1.54, 1.807) is 0 Å². The van der Waals surface area contributed by atoms with Crippen molar-refractivity contribution >= 4 is 39.5 Å². The van der Waals surface area contributed by atoms with Gasteiger partial charge in [-0.25, -0.2) is 9.13 Å². The second-order valence-corrected chi connectivity index (χ2v) is 29.6. The summed E-state index contributed by atoms with van der Waals surface area (Å²) < 4.78 is 68.4. The topological polar surface area (TPSA) is 237 Å². The van der Waals surface area contributed by atoms with Crippen LogP contribution in [0.2, 0.25) is 0 Å². The van der Waals surface area contributed by atoms with Crippen molar-refractivity contribution < 1.29 is 80.2 Å².